The number of anilines is 1. The minimum atomic E-state index is -1.37. The molecule has 5 N–H and O–H groups in total. The zero-order chi connectivity index (χ0) is 40.1. The Hall–Kier alpha value is -5.10. The highest BCUT2D eigenvalue weighted by Gasteiger charge is 2.54. The van der Waals surface area contributed by atoms with Crippen LogP contribution in [0.5, 0.6) is 0 Å². The number of thioether (sulfide) groups is 2. The smallest absolute Gasteiger partial charge is 0.352 e. The van der Waals surface area contributed by atoms with Gasteiger partial charge >= 0.3 is 23.1 Å². The number of aromatic nitrogens is 5. The van der Waals surface area contributed by atoms with Crippen LogP contribution in [-0.4, -0.2) is 117 Å². The maximum absolute atomic E-state index is 13.3. The normalized spacial score (nSPS) is 17.7. The van der Waals surface area contributed by atoms with Crippen molar-refractivity contribution in [3.05, 3.63) is 37.8 Å². The number of nitrogens with one attached hydrogen (secondary N) is 4. The van der Waals surface area contributed by atoms with Crippen molar-refractivity contribution in [2.24, 2.45) is 18.1 Å². The summed E-state index contributed by atoms with van der Waals surface area (Å²) in [6, 6.07) is -2.06. The van der Waals surface area contributed by atoms with Crippen molar-refractivity contribution in [1.82, 2.24) is 39.7 Å². The number of aromatic amines is 1. The van der Waals surface area contributed by atoms with E-state index in [0.717, 1.165) is 23.8 Å². The molecule has 3 atom stereocenters. The van der Waals surface area contributed by atoms with Gasteiger partial charge in [-0.1, -0.05) is 30.8 Å². The average Bonchev–Trinajstić information content (AvgIpc) is 3.54. The number of H-pyrrole nitrogens is 1. The number of hydrogen-bond acceptors (Lipinski definition) is 17. The lowest BCUT2D eigenvalue weighted by Crippen LogP contribution is -2.71. The average molecular weight is 811 g/mol. The van der Waals surface area contributed by atoms with Crippen molar-refractivity contribution in [1.29, 1.82) is 0 Å². The fourth-order valence-electron chi connectivity index (χ4n) is 4.91. The first kappa shape index (κ1) is 41.7. The summed E-state index contributed by atoms with van der Waals surface area (Å²) in [5.41, 5.74) is -3.01. The topological polar surface area (TPSA) is 286 Å². The molecule has 24 heteroatoms. The van der Waals surface area contributed by atoms with E-state index in [9.17, 15) is 43.5 Å². The molecular weight excluding hydrogens is 773 g/mol. The number of aryl methyl sites for hydroxylation is 1. The maximum atomic E-state index is 13.3. The largest absolute Gasteiger partial charge is 0.477 e. The number of esters is 1. The van der Waals surface area contributed by atoms with Crippen LogP contribution in [0.1, 0.15) is 53.3 Å². The molecule has 0 aromatic carbocycles. The summed E-state index contributed by atoms with van der Waals surface area (Å²) in [7, 11) is 2.63. The van der Waals surface area contributed by atoms with Crippen LogP contribution in [0.15, 0.2) is 31.2 Å². The van der Waals surface area contributed by atoms with E-state index in [1.165, 1.54) is 23.5 Å². The lowest BCUT2D eigenvalue weighted by atomic mass is 10.0. The van der Waals surface area contributed by atoms with E-state index in [1.807, 2.05) is 0 Å². The highest BCUT2D eigenvalue weighted by atomic mass is 32.2. The van der Waals surface area contributed by atoms with Crippen LogP contribution >= 0.6 is 35.1 Å². The molecule has 4 rings (SSSR count). The number of aliphatic carboxylic acids is 1. The molecule has 0 bridgehead atoms. The van der Waals surface area contributed by atoms with Crippen LogP contribution < -0.4 is 27.1 Å². The van der Waals surface area contributed by atoms with Crippen molar-refractivity contribution < 1.29 is 43.4 Å². The third-order valence-corrected chi connectivity index (χ3v) is 10.5. The van der Waals surface area contributed by atoms with Crippen LogP contribution in [0.4, 0.5) is 5.13 Å². The lowest BCUT2D eigenvalue weighted by molar-refractivity contribution is -0.160. The second-order valence-corrected chi connectivity index (χ2v) is 15.8. The molecule has 0 saturated carbocycles. The molecule has 2 aliphatic rings. The number of ether oxygens (including phenoxy) is 1. The molecule has 21 nitrogen and oxygen atoms in total. The fraction of sp³-hybridized carbons (Fsp3) is 0.533. The van der Waals surface area contributed by atoms with Gasteiger partial charge in [-0.05, 0) is 32.3 Å². The van der Waals surface area contributed by atoms with Crippen LogP contribution in [0.3, 0.4) is 0 Å². The van der Waals surface area contributed by atoms with Crippen LogP contribution in [-0.2, 0) is 45.4 Å². The molecular formula is C30H38N10O11S3. The van der Waals surface area contributed by atoms with Crippen LogP contribution in [0.2, 0.25) is 0 Å². The number of fused-ring (bicyclic) bond motifs is 1. The van der Waals surface area contributed by atoms with Gasteiger partial charge in [0.1, 0.15) is 35.9 Å². The molecule has 4 amide bonds. The van der Waals surface area contributed by atoms with Crippen molar-refractivity contribution in [2.75, 3.05) is 23.9 Å². The van der Waals surface area contributed by atoms with E-state index in [2.05, 4.69) is 40.5 Å². The summed E-state index contributed by atoms with van der Waals surface area (Å²) in [6.07, 6.45) is -0.518. The van der Waals surface area contributed by atoms with Gasteiger partial charge in [-0.25, -0.2) is 9.59 Å². The molecule has 1 saturated heterocycles. The van der Waals surface area contributed by atoms with E-state index in [0.29, 0.717) is 17.1 Å². The first-order valence-corrected chi connectivity index (χ1v) is 18.9. The standard InChI is InChI=1S/C30H38N10O11S3/c1-12(2)16(27(49)51-30(3,4)5)31-14(41)8-9-15(42)32-28-34-20(38-54-28)17(37-50-7)21(43)33-18-24(46)40-19(26(47)48)13(10-52-25(18)40)11-53-29-35-22(44)23(45)36-39(29)6/h12,16,18,25H,8-11H2,1-7H3,(H,31,41)(H,33,43)(H,36,45)(H,47,48)(H,32,34,38,42)/b37-17-/t16-,18+,25+/m0/s1. The monoisotopic (exact) mass is 810 g/mol. The molecule has 0 radical (unpaired) electrons. The van der Waals surface area contributed by atoms with Gasteiger partial charge in [-0.15, -0.1) is 11.8 Å². The molecule has 292 valence electrons. The van der Waals surface area contributed by atoms with Crippen molar-refractivity contribution in [3.63, 3.8) is 0 Å². The Kier molecular flexibility index (Phi) is 13.4. The van der Waals surface area contributed by atoms with Crippen molar-refractivity contribution >= 4 is 81.5 Å². The van der Waals surface area contributed by atoms with E-state index < -0.39 is 75.5 Å². The second kappa shape index (κ2) is 17.4. The zero-order valence-corrected chi connectivity index (χ0v) is 32.5. The number of β-lactam (4-membered cyclic amide) rings is 1. The van der Waals surface area contributed by atoms with Crippen LogP contribution in [0, 0.1) is 5.92 Å². The van der Waals surface area contributed by atoms with Gasteiger partial charge in [0.2, 0.25) is 28.5 Å². The van der Waals surface area contributed by atoms with Gasteiger partial charge in [-0.2, -0.15) is 14.3 Å². The molecule has 2 aromatic rings. The Bertz CT molecular complexity index is 2020. The number of nitrogens with zero attached hydrogens (tertiary/aromatic N) is 6. The third-order valence-electron chi connectivity index (χ3n) is 7.36. The summed E-state index contributed by atoms with van der Waals surface area (Å²) >= 11 is 2.90. The Morgan fingerprint density at radius 3 is 2.43 bits per heavy atom. The minimum absolute atomic E-state index is 0.0340. The van der Waals surface area contributed by atoms with E-state index in [1.54, 1.807) is 34.6 Å². The van der Waals surface area contributed by atoms with Crippen LogP contribution in [0.25, 0.3) is 0 Å². The molecule has 0 spiro atoms. The van der Waals surface area contributed by atoms with Gasteiger partial charge in [0.25, 0.3) is 11.8 Å². The van der Waals surface area contributed by atoms with Gasteiger partial charge in [0, 0.05) is 42.9 Å². The number of carbonyl (C=O) groups is 6. The Labute approximate surface area is 319 Å². The zero-order valence-electron chi connectivity index (χ0n) is 30.1. The van der Waals surface area contributed by atoms with Gasteiger partial charge < -0.3 is 30.6 Å². The summed E-state index contributed by atoms with van der Waals surface area (Å²) < 4.78 is 10.6. The lowest BCUT2D eigenvalue weighted by Gasteiger charge is -2.49. The molecule has 2 aromatic heterocycles. The predicted octanol–water partition coefficient (Wildman–Crippen LogP) is -0.597. The number of rotatable bonds is 15. The fourth-order valence-corrected chi connectivity index (χ4v) is 7.90. The number of carboxylic acid groups (broad SMARTS) is 1. The highest BCUT2D eigenvalue weighted by Crippen LogP contribution is 2.41. The number of carboxylic acids is 1. The van der Waals surface area contributed by atoms with E-state index in [4.69, 9.17) is 9.57 Å². The molecule has 0 unspecified atom stereocenters. The highest BCUT2D eigenvalue weighted by molar-refractivity contribution is 8.01. The number of carbonyl (C=O) groups excluding carboxylic acids is 5. The predicted molar refractivity (Wildman–Crippen MR) is 194 cm³/mol. The maximum Gasteiger partial charge on any atom is 0.352 e. The van der Waals surface area contributed by atoms with E-state index >= 15 is 0 Å². The van der Waals surface area contributed by atoms with Crippen molar-refractivity contribution in [3.8, 4) is 0 Å². The number of hydrogen-bond donors (Lipinski definition) is 5. The Morgan fingerprint density at radius 2 is 1.80 bits per heavy atom. The van der Waals surface area contributed by atoms with Gasteiger partial charge in [-0.3, -0.25) is 43.4 Å². The number of amides is 4. The summed E-state index contributed by atoms with van der Waals surface area (Å²) in [6.45, 7) is 8.62. The first-order chi connectivity index (χ1) is 25.3. The third kappa shape index (κ3) is 10.1. The van der Waals surface area contributed by atoms with Gasteiger partial charge in [0.15, 0.2) is 5.16 Å². The minimum Gasteiger partial charge on any atom is -0.477 e. The molecule has 1 fully saturated rings. The quantitative estimate of drug-likeness (QED) is 0.0375. The van der Waals surface area contributed by atoms with E-state index in [-0.39, 0.29) is 52.1 Å². The summed E-state index contributed by atoms with van der Waals surface area (Å²) in [4.78, 5) is 113. The molecule has 54 heavy (non-hydrogen) atoms. The molecule has 4 heterocycles. The molecule has 2 aliphatic heterocycles. The Balaban J connectivity index is 1.35. The second-order valence-electron chi connectivity index (χ2n) is 13.0. The Morgan fingerprint density at radius 1 is 1.11 bits per heavy atom. The van der Waals surface area contributed by atoms with Gasteiger partial charge in [0.05, 0.1) is 0 Å². The summed E-state index contributed by atoms with van der Waals surface area (Å²) in [5, 5.41) is 22.9. The van der Waals surface area contributed by atoms with Crippen molar-refractivity contribution in [2.45, 2.75) is 75.7 Å². The first-order valence-electron chi connectivity index (χ1n) is 16.1. The number of oxime groups is 1. The molecule has 0 aliphatic carbocycles. The SMILES string of the molecule is CO/N=C(\C(=O)N[C@@H]1C(=O)N2C(C(=O)O)=C(CSc3nc(=O)c(=O)[nH]n3C)CS[C@H]12)c1nsc(NC(=O)CCC(=O)N[C@H](C(=O)OC(C)(C)C)C(C)C)n1. The summed E-state index contributed by atoms with van der Waals surface area (Å²) in [5.74, 6) is -5.06.